The van der Waals surface area contributed by atoms with Gasteiger partial charge >= 0.3 is 0 Å². The molecule has 3 N–H and O–H groups in total. The van der Waals surface area contributed by atoms with Gasteiger partial charge in [0, 0.05) is 21.5 Å². The van der Waals surface area contributed by atoms with Crippen LogP contribution in [0.2, 0.25) is 10.0 Å². The molecule has 9 nitrogen and oxygen atoms in total. The molecule has 38 heavy (non-hydrogen) atoms. The molecule has 0 aliphatic carbocycles. The zero-order valence-electron chi connectivity index (χ0n) is 20.1. The SMILES string of the molecule is CCc1c(Cl)cc(S(=O)(=O)O)cc1N=Nc1c(O)c(C(=O)Nc2ccc(Cl)cc2OC)cc2ccccc12. The van der Waals surface area contributed by atoms with Gasteiger partial charge in [0.1, 0.15) is 11.4 Å². The quantitative estimate of drug-likeness (QED) is 0.156. The number of rotatable bonds is 7. The molecule has 0 spiro atoms. The van der Waals surface area contributed by atoms with E-state index in [1.807, 2.05) is 0 Å². The monoisotopic (exact) mass is 573 g/mol. The number of aromatic hydroxyl groups is 1. The number of benzene rings is 4. The van der Waals surface area contributed by atoms with E-state index < -0.39 is 26.7 Å². The normalized spacial score (nSPS) is 11.7. The van der Waals surface area contributed by atoms with Crippen molar-refractivity contribution in [3.05, 3.63) is 81.8 Å². The number of carbonyl (C=O) groups excluding carboxylic acids is 1. The number of carbonyl (C=O) groups is 1. The summed E-state index contributed by atoms with van der Waals surface area (Å²) in [6.07, 6.45) is 0.386. The molecule has 0 unspecified atom stereocenters. The molecule has 0 aliphatic rings. The fraction of sp³-hybridized carbons (Fsp3) is 0.115. The van der Waals surface area contributed by atoms with Crippen molar-refractivity contribution in [2.24, 2.45) is 10.2 Å². The van der Waals surface area contributed by atoms with Crippen LogP contribution >= 0.6 is 23.2 Å². The molecule has 1 amide bonds. The summed E-state index contributed by atoms with van der Waals surface area (Å²) in [6, 6.07) is 15.4. The zero-order chi connectivity index (χ0) is 27.6. The fourth-order valence-corrected chi connectivity index (χ4v) is 4.94. The molecule has 0 heterocycles. The lowest BCUT2D eigenvalue weighted by atomic mass is 10.0. The van der Waals surface area contributed by atoms with E-state index in [1.54, 1.807) is 43.3 Å². The van der Waals surface area contributed by atoms with Gasteiger partial charge in [-0.2, -0.15) is 13.5 Å². The van der Waals surface area contributed by atoms with Crippen LogP contribution in [0.15, 0.2) is 75.8 Å². The van der Waals surface area contributed by atoms with Crippen molar-refractivity contribution in [2.45, 2.75) is 18.2 Å². The molecular formula is C26H21Cl2N3O6S. The summed E-state index contributed by atoms with van der Waals surface area (Å²) >= 11 is 12.2. The third-order valence-electron chi connectivity index (χ3n) is 5.71. The Balaban J connectivity index is 1.84. The maximum Gasteiger partial charge on any atom is 0.294 e. The number of halogens is 2. The minimum Gasteiger partial charge on any atom is -0.505 e. The van der Waals surface area contributed by atoms with Gasteiger partial charge in [0.2, 0.25) is 0 Å². The summed E-state index contributed by atoms with van der Waals surface area (Å²) in [5, 5.41) is 23.7. The molecule has 12 heteroatoms. The Hall–Kier alpha value is -3.70. The van der Waals surface area contributed by atoms with Crippen LogP contribution in [-0.2, 0) is 16.5 Å². The first-order valence-corrected chi connectivity index (χ1v) is 13.3. The van der Waals surface area contributed by atoms with Gasteiger partial charge in [0.15, 0.2) is 5.75 Å². The maximum atomic E-state index is 13.2. The number of phenolic OH excluding ortho intramolecular Hbond substituents is 1. The number of fused-ring (bicyclic) bond motifs is 1. The van der Waals surface area contributed by atoms with Crippen LogP contribution in [-0.4, -0.2) is 31.1 Å². The molecule has 196 valence electrons. The maximum absolute atomic E-state index is 13.2. The van der Waals surface area contributed by atoms with E-state index in [4.69, 9.17) is 27.9 Å². The van der Waals surface area contributed by atoms with Gasteiger partial charge in [0.05, 0.1) is 28.9 Å². The predicted molar refractivity (Wildman–Crippen MR) is 146 cm³/mol. The summed E-state index contributed by atoms with van der Waals surface area (Å²) in [5.74, 6) is -0.766. The van der Waals surface area contributed by atoms with Crippen LogP contribution in [0.4, 0.5) is 17.1 Å². The molecule has 0 aromatic heterocycles. The van der Waals surface area contributed by atoms with Crippen LogP contribution in [0.25, 0.3) is 10.8 Å². The lowest BCUT2D eigenvalue weighted by Crippen LogP contribution is -2.13. The number of nitrogens with one attached hydrogen (secondary N) is 1. The Morgan fingerprint density at radius 1 is 1.05 bits per heavy atom. The van der Waals surface area contributed by atoms with Gasteiger partial charge in [-0.1, -0.05) is 54.4 Å². The third kappa shape index (κ3) is 5.58. The number of hydrogen-bond donors (Lipinski definition) is 3. The highest BCUT2D eigenvalue weighted by Gasteiger charge is 2.21. The lowest BCUT2D eigenvalue weighted by Gasteiger charge is -2.13. The fourth-order valence-electron chi connectivity index (χ4n) is 3.84. The molecule has 4 aromatic carbocycles. The average Bonchev–Trinajstić information content (AvgIpc) is 2.88. The predicted octanol–water partition coefficient (Wildman–Crippen LogP) is 7.34. The first-order chi connectivity index (χ1) is 18.0. The van der Waals surface area contributed by atoms with Crippen LogP contribution in [0.5, 0.6) is 11.5 Å². The van der Waals surface area contributed by atoms with Gasteiger partial charge in [0.25, 0.3) is 16.0 Å². The topological polar surface area (TPSA) is 138 Å². The largest absolute Gasteiger partial charge is 0.505 e. The van der Waals surface area contributed by atoms with Gasteiger partial charge < -0.3 is 15.2 Å². The highest BCUT2D eigenvalue weighted by atomic mass is 35.5. The van der Waals surface area contributed by atoms with Crippen molar-refractivity contribution < 1.29 is 27.6 Å². The number of azo groups is 1. The summed E-state index contributed by atoms with van der Waals surface area (Å²) in [5.41, 5.74) is 0.788. The van der Waals surface area contributed by atoms with Crippen LogP contribution < -0.4 is 10.1 Å². The smallest absolute Gasteiger partial charge is 0.294 e. The van der Waals surface area contributed by atoms with Crippen molar-refractivity contribution in [3.63, 3.8) is 0 Å². The van der Waals surface area contributed by atoms with Gasteiger partial charge in [-0.25, -0.2) is 0 Å². The standard InChI is InChI=1S/C26H21Cl2N3O6S/c1-3-17-20(28)12-16(38(34,35)36)13-22(17)30-31-24-18-7-5-4-6-14(18)10-19(25(24)32)26(33)29-21-9-8-15(27)11-23(21)37-2/h4-13,32H,3H2,1-2H3,(H,29,33)(H,34,35,36). The molecule has 4 aromatic rings. The molecular weight excluding hydrogens is 553 g/mol. The second-order valence-corrected chi connectivity index (χ2v) is 10.3. The Bertz CT molecular complexity index is 1710. The van der Waals surface area contributed by atoms with E-state index in [2.05, 4.69) is 15.5 Å². The van der Waals surface area contributed by atoms with E-state index in [0.717, 1.165) is 12.1 Å². The van der Waals surface area contributed by atoms with Gasteiger partial charge in [-0.3, -0.25) is 9.35 Å². The number of anilines is 1. The second-order valence-electron chi connectivity index (χ2n) is 8.07. The van der Waals surface area contributed by atoms with Crippen molar-refractivity contribution >= 4 is 67.1 Å². The third-order valence-corrected chi connectivity index (χ3v) is 7.11. The van der Waals surface area contributed by atoms with E-state index in [0.29, 0.717) is 39.2 Å². The lowest BCUT2D eigenvalue weighted by molar-refractivity contribution is 0.102. The van der Waals surface area contributed by atoms with Crippen LogP contribution in [0.1, 0.15) is 22.8 Å². The molecule has 0 saturated carbocycles. The first-order valence-electron chi connectivity index (χ1n) is 11.1. The molecule has 0 bridgehead atoms. The molecule has 0 atom stereocenters. The Morgan fingerprint density at radius 2 is 1.79 bits per heavy atom. The summed E-state index contributed by atoms with van der Waals surface area (Å²) < 4.78 is 38.2. The Kier molecular flexibility index (Phi) is 7.89. The number of nitrogens with zero attached hydrogens (tertiary/aromatic N) is 2. The minimum absolute atomic E-state index is 0.0215. The van der Waals surface area contributed by atoms with Gasteiger partial charge in [-0.15, -0.1) is 5.11 Å². The van der Waals surface area contributed by atoms with Crippen LogP contribution in [0.3, 0.4) is 0 Å². The summed E-state index contributed by atoms with van der Waals surface area (Å²) in [4.78, 5) is 12.8. The van der Waals surface area contributed by atoms with Crippen molar-refractivity contribution in [3.8, 4) is 11.5 Å². The summed E-state index contributed by atoms with van der Waals surface area (Å²) in [7, 11) is -3.13. The van der Waals surface area contributed by atoms with Crippen molar-refractivity contribution in [1.82, 2.24) is 0 Å². The van der Waals surface area contributed by atoms with E-state index >= 15 is 0 Å². The van der Waals surface area contributed by atoms with E-state index in [1.165, 1.54) is 19.2 Å². The second kappa shape index (κ2) is 11.0. The molecule has 0 aliphatic heterocycles. The molecule has 4 rings (SSSR count). The first kappa shape index (κ1) is 27.3. The van der Waals surface area contributed by atoms with E-state index in [-0.39, 0.29) is 22.0 Å². The van der Waals surface area contributed by atoms with E-state index in [9.17, 15) is 22.9 Å². The number of amides is 1. The Labute approximate surface area is 228 Å². The highest BCUT2D eigenvalue weighted by Crippen LogP contribution is 2.41. The number of methoxy groups -OCH3 is 1. The van der Waals surface area contributed by atoms with Gasteiger partial charge in [-0.05, 0) is 47.7 Å². The summed E-state index contributed by atoms with van der Waals surface area (Å²) in [6.45, 7) is 1.79. The zero-order valence-corrected chi connectivity index (χ0v) is 22.4. The van der Waals surface area contributed by atoms with Crippen molar-refractivity contribution in [2.75, 3.05) is 12.4 Å². The van der Waals surface area contributed by atoms with Crippen LogP contribution in [0, 0.1) is 0 Å². The Morgan fingerprint density at radius 3 is 2.47 bits per heavy atom. The molecule has 0 fully saturated rings. The molecule has 0 saturated heterocycles. The van der Waals surface area contributed by atoms with Crippen molar-refractivity contribution in [1.29, 1.82) is 0 Å². The number of phenols is 1. The minimum atomic E-state index is -4.56. The highest BCUT2D eigenvalue weighted by molar-refractivity contribution is 7.85. The number of ether oxygens (including phenoxy) is 1. The number of hydrogen-bond acceptors (Lipinski definition) is 7. The average molecular weight is 574 g/mol. The molecule has 0 radical (unpaired) electrons.